The van der Waals surface area contributed by atoms with E-state index < -0.39 is 0 Å². The fourth-order valence-electron chi connectivity index (χ4n) is 3.70. The van der Waals surface area contributed by atoms with E-state index in [1.807, 2.05) is 0 Å². The third-order valence-electron chi connectivity index (χ3n) is 5.36. The lowest BCUT2D eigenvalue weighted by Gasteiger charge is -2.32. The number of amides is 1. The number of anilines is 1. The van der Waals surface area contributed by atoms with Gasteiger partial charge < -0.3 is 14.8 Å². The van der Waals surface area contributed by atoms with Crippen LogP contribution in [0.15, 0.2) is 24.5 Å². The smallest absolute Gasteiger partial charge is 0.275 e. The molecule has 1 fully saturated rings. The number of carbonyl (C=O) groups is 1. The van der Waals surface area contributed by atoms with Gasteiger partial charge in [0, 0.05) is 20.2 Å². The molecule has 0 aliphatic heterocycles. The largest absolute Gasteiger partial charge is 0.490 e. The van der Waals surface area contributed by atoms with Crippen molar-refractivity contribution in [1.82, 2.24) is 30.2 Å². The number of carbonyl (C=O) groups excluding carboxylic acids is 1. The highest BCUT2D eigenvalue weighted by Gasteiger charge is 2.26. The number of ether oxygens (including phenoxy) is 2. The summed E-state index contributed by atoms with van der Waals surface area (Å²) < 4.78 is 12.3. The van der Waals surface area contributed by atoms with E-state index in [1.54, 1.807) is 38.7 Å². The van der Waals surface area contributed by atoms with Crippen molar-refractivity contribution < 1.29 is 14.3 Å². The van der Waals surface area contributed by atoms with Crippen LogP contribution in [0.3, 0.4) is 0 Å². The zero-order valence-electron chi connectivity index (χ0n) is 19.4. The zero-order chi connectivity index (χ0) is 23.1. The van der Waals surface area contributed by atoms with Crippen LogP contribution in [-0.2, 0) is 18.4 Å². The maximum Gasteiger partial charge on any atom is 0.275 e. The van der Waals surface area contributed by atoms with E-state index in [-0.39, 0.29) is 5.91 Å². The second-order valence-electron chi connectivity index (χ2n) is 8.56. The van der Waals surface area contributed by atoms with Crippen molar-refractivity contribution in [2.75, 3.05) is 19.0 Å². The number of nitrogens with one attached hydrogen (secondary N) is 3. The predicted octanol–water partition coefficient (Wildman–Crippen LogP) is 3.50. The van der Waals surface area contributed by atoms with Crippen molar-refractivity contribution in [3.8, 4) is 5.75 Å². The highest BCUT2D eigenvalue weighted by Crippen LogP contribution is 2.34. The predicted molar refractivity (Wildman–Crippen MR) is 121 cm³/mol. The quantitative estimate of drug-likeness (QED) is 0.490. The van der Waals surface area contributed by atoms with Crippen molar-refractivity contribution in [3.63, 3.8) is 0 Å². The summed E-state index contributed by atoms with van der Waals surface area (Å²) in [7, 11) is 3.29. The van der Waals surface area contributed by atoms with E-state index in [1.165, 1.54) is 17.5 Å². The summed E-state index contributed by atoms with van der Waals surface area (Å²) in [6.45, 7) is 7.82. The Bertz CT molecular complexity index is 972. The van der Waals surface area contributed by atoms with Gasteiger partial charge in [0.2, 0.25) is 0 Å². The van der Waals surface area contributed by atoms with Crippen LogP contribution in [0.5, 0.6) is 5.75 Å². The van der Waals surface area contributed by atoms with Gasteiger partial charge in [-0.05, 0) is 36.7 Å². The standard InChI is InChI=1S/C12H20N2O.C10H13N5O2/c1-8(2)12-11(6-13-14-12)15-7-10-4-9(3)5-10;1-15-8(5-7(14-15)6-17-2)10(16)12-9-3-4-11-13-9/h6,8-10H,4-5,7H2,1-3H3,(H,13,14);3-5H,6H2,1-2H3,(H2,11,12,13,16). The Kier molecular flexibility index (Phi) is 8.04. The third-order valence-corrected chi connectivity index (χ3v) is 5.36. The minimum Gasteiger partial charge on any atom is -0.490 e. The SMILES string of the molecule is CC1CC(COc2cn[nH]c2C(C)C)C1.COCc1cc(C(=O)Nc2ccn[nH]2)n(C)n1. The Labute approximate surface area is 188 Å². The van der Waals surface area contributed by atoms with Gasteiger partial charge in [0.1, 0.15) is 11.5 Å². The van der Waals surface area contributed by atoms with Gasteiger partial charge >= 0.3 is 0 Å². The van der Waals surface area contributed by atoms with Gasteiger partial charge in [-0.2, -0.15) is 15.3 Å². The molecule has 10 heteroatoms. The molecule has 10 nitrogen and oxygen atoms in total. The Morgan fingerprint density at radius 1 is 1.31 bits per heavy atom. The summed E-state index contributed by atoms with van der Waals surface area (Å²) in [5, 5.41) is 20.3. The molecule has 32 heavy (non-hydrogen) atoms. The minimum atomic E-state index is -0.244. The van der Waals surface area contributed by atoms with Crippen LogP contribution in [0.4, 0.5) is 5.82 Å². The first-order valence-electron chi connectivity index (χ1n) is 10.9. The number of rotatable bonds is 8. The average molecular weight is 444 g/mol. The zero-order valence-corrected chi connectivity index (χ0v) is 19.4. The van der Waals surface area contributed by atoms with Gasteiger partial charge in [0.15, 0.2) is 5.75 Å². The monoisotopic (exact) mass is 443 g/mol. The lowest BCUT2D eigenvalue weighted by Crippen LogP contribution is -2.26. The van der Waals surface area contributed by atoms with Gasteiger partial charge in [-0.1, -0.05) is 20.8 Å². The molecule has 0 aromatic carbocycles. The van der Waals surface area contributed by atoms with Gasteiger partial charge in [0.05, 0.1) is 37.0 Å². The number of aryl methyl sites for hydroxylation is 1. The first-order chi connectivity index (χ1) is 15.4. The normalized spacial score (nSPS) is 17.4. The number of H-pyrrole nitrogens is 2. The number of aromatic nitrogens is 6. The molecule has 0 atom stereocenters. The summed E-state index contributed by atoms with van der Waals surface area (Å²) in [5.74, 6) is 3.34. The van der Waals surface area contributed by atoms with Crippen LogP contribution in [0.25, 0.3) is 0 Å². The van der Waals surface area contributed by atoms with Crippen LogP contribution in [-0.4, -0.2) is 49.8 Å². The van der Waals surface area contributed by atoms with Crippen molar-refractivity contribution in [2.45, 2.75) is 46.1 Å². The molecule has 3 N–H and O–H groups in total. The Hall–Kier alpha value is -3.14. The first kappa shape index (κ1) is 23.5. The van der Waals surface area contributed by atoms with E-state index in [4.69, 9.17) is 9.47 Å². The van der Waals surface area contributed by atoms with Crippen LogP contribution >= 0.6 is 0 Å². The summed E-state index contributed by atoms with van der Waals surface area (Å²) in [6.07, 6.45) is 5.98. The molecule has 3 aromatic rings. The second kappa shape index (κ2) is 10.9. The molecule has 0 saturated heterocycles. The van der Waals surface area contributed by atoms with Gasteiger partial charge in [-0.3, -0.25) is 19.7 Å². The third kappa shape index (κ3) is 6.19. The molecule has 174 valence electrons. The van der Waals surface area contributed by atoms with Crippen molar-refractivity contribution in [2.24, 2.45) is 18.9 Å². The first-order valence-corrected chi connectivity index (χ1v) is 10.9. The average Bonchev–Trinajstić information content (AvgIpc) is 3.46. The molecule has 0 unspecified atom stereocenters. The van der Waals surface area contributed by atoms with E-state index in [2.05, 4.69) is 51.6 Å². The number of hydrogen-bond donors (Lipinski definition) is 3. The molecule has 1 aliphatic rings. The highest BCUT2D eigenvalue weighted by atomic mass is 16.5. The Morgan fingerprint density at radius 2 is 2.09 bits per heavy atom. The molecule has 3 heterocycles. The Balaban J connectivity index is 0.000000182. The lowest BCUT2D eigenvalue weighted by molar-refractivity contribution is 0.101. The summed E-state index contributed by atoms with van der Waals surface area (Å²) >= 11 is 0. The van der Waals surface area contributed by atoms with Crippen LogP contribution in [0, 0.1) is 11.8 Å². The molecular weight excluding hydrogens is 410 g/mol. The number of aromatic amines is 2. The number of nitrogens with zero attached hydrogens (tertiary/aromatic N) is 4. The molecule has 1 aliphatic carbocycles. The van der Waals surface area contributed by atoms with Crippen LogP contribution in [0.1, 0.15) is 61.4 Å². The topological polar surface area (TPSA) is 123 Å². The lowest BCUT2D eigenvalue weighted by atomic mass is 9.77. The van der Waals surface area contributed by atoms with E-state index in [9.17, 15) is 4.79 Å². The molecule has 0 bridgehead atoms. The molecule has 1 amide bonds. The van der Waals surface area contributed by atoms with E-state index >= 15 is 0 Å². The number of hydrogen-bond acceptors (Lipinski definition) is 6. The molecule has 1 saturated carbocycles. The molecular formula is C22H33N7O3. The molecule has 3 aromatic heterocycles. The van der Waals surface area contributed by atoms with Gasteiger partial charge in [0.25, 0.3) is 5.91 Å². The van der Waals surface area contributed by atoms with Crippen LogP contribution < -0.4 is 10.1 Å². The highest BCUT2D eigenvalue weighted by molar-refractivity contribution is 6.02. The van der Waals surface area contributed by atoms with E-state index in [0.717, 1.165) is 29.9 Å². The van der Waals surface area contributed by atoms with Gasteiger partial charge in [-0.15, -0.1) is 0 Å². The molecule has 0 spiro atoms. The number of methoxy groups -OCH3 is 1. The molecule has 0 radical (unpaired) electrons. The second-order valence-corrected chi connectivity index (χ2v) is 8.56. The molecule has 4 rings (SSSR count). The summed E-state index contributed by atoms with van der Waals surface area (Å²) in [6, 6.07) is 3.36. The van der Waals surface area contributed by atoms with Gasteiger partial charge in [-0.25, -0.2) is 0 Å². The fraction of sp³-hybridized carbons (Fsp3) is 0.545. The fourth-order valence-corrected chi connectivity index (χ4v) is 3.70. The maximum atomic E-state index is 11.9. The maximum absolute atomic E-state index is 11.9. The summed E-state index contributed by atoms with van der Waals surface area (Å²) in [4.78, 5) is 11.9. The minimum absolute atomic E-state index is 0.244. The summed E-state index contributed by atoms with van der Waals surface area (Å²) in [5.41, 5.74) is 2.29. The van der Waals surface area contributed by atoms with Crippen molar-refractivity contribution >= 4 is 11.7 Å². The van der Waals surface area contributed by atoms with Crippen molar-refractivity contribution in [1.29, 1.82) is 0 Å². The van der Waals surface area contributed by atoms with E-state index in [0.29, 0.717) is 29.7 Å². The Morgan fingerprint density at radius 3 is 2.72 bits per heavy atom. The van der Waals surface area contributed by atoms with Crippen LogP contribution in [0.2, 0.25) is 0 Å². The van der Waals surface area contributed by atoms with Crippen molar-refractivity contribution in [3.05, 3.63) is 41.6 Å².